The number of aryl methyl sites for hydroxylation is 1. The summed E-state index contributed by atoms with van der Waals surface area (Å²) in [5.41, 5.74) is 7.56. The van der Waals surface area contributed by atoms with E-state index in [1.54, 1.807) is 0 Å². The quantitative estimate of drug-likeness (QED) is 0.631. The zero-order valence-corrected chi connectivity index (χ0v) is 7.36. The molecule has 1 aromatic carbocycles. The Morgan fingerprint density at radius 1 is 1.54 bits per heavy atom. The van der Waals surface area contributed by atoms with Crippen molar-refractivity contribution in [3.8, 4) is 5.75 Å². The van der Waals surface area contributed by atoms with Crippen molar-refractivity contribution in [1.82, 2.24) is 0 Å². The highest BCUT2D eigenvalue weighted by Gasteiger charge is 2.18. The summed E-state index contributed by atoms with van der Waals surface area (Å²) in [6.45, 7) is 0.0871. The highest BCUT2D eigenvalue weighted by molar-refractivity contribution is 5.48. The number of nitrogens with two attached hydrogens (primary N) is 1. The Balaban J connectivity index is 2.26. The van der Waals surface area contributed by atoms with Crippen LogP contribution in [0.5, 0.6) is 5.75 Å². The number of hydrogen-bond acceptors (Lipinski definition) is 3. The van der Waals surface area contributed by atoms with Crippen LogP contribution >= 0.6 is 0 Å². The predicted molar refractivity (Wildman–Crippen MR) is 50.7 cm³/mol. The summed E-state index contributed by atoms with van der Waals surface area (Å²) in [7, 11) is 0. The Kier molecular flexibility index (Phi) is 2.10. The van der Waals surface area contributed by atoms with Crippen LogP contribution in [0.3, 0.4) is 0 Å². The lowest BCUT2D eigenvalue weighted by molar-refractivity contribution is 0.0978. The van der Waals surface area contributed by atoms with Crippen LogP contribution in [-0.2, 0) is 6.42 Å². The molecule has 0 unspecified atom stereocenters. The third-order valence-electron chi connectivity index (χ3n) is 2.32. The smallest absolute Gasteiger partial charge is 0.123 e. The SMILES string of the molecule is Nc1ccc2c(c1)CC[C@H](CO)O2. The predicted octanol–water partition coefficient (Wildman–Crippen LogP) is 0.955. The molecule has 2 rings (SSSR count). The monoisotopic (exact) mass is 179 g/mol. The number of aliphatic hydroxyl groups is 1. The van der Waals surface area contributed by atoms with Crippen molar-refractivity contribution >= 4 is 5.69 Å². The van der Waals surface area contributed by atoms with Gasteiger partial charge in [-0.05, 0) is 36.6 Å². The third kappa shape index (κ3) is 1.60. The Bertz CT molecular complexity index is 312. The number of fused-ring (bicyclic) bond motifs is 1. The van der Waals surface area contributed by atoms with Crippen LogP contribution in [-0.4, -0.2) is 17.8 Å². The Labute approximate surface area is 77.1 Å². The first-order valence-electron chi connectivity index (χ1n) is 4.45. The van der Waals surface area contributed by atoms with Crippen molar-refractivity contribution in [3.63, 3.8) is 0 Å². The fraction of sp³-hybridized carbons (Fsp3) is 0.400. The molecule has 13 heavy (non-hydrogen) atoms. The average Bonchev–Trinajstić information content (AvgIpc) is 2.17. The highest BCUT2D eigenvalue weighted by Crippen LogP contribution is 2.28. The fourth-order valence-corrected chi connectivity index (χ4v) is 1.59. The first-order valence-corrected chi connectivity index (χ1v) is 4.45. The number of aliphatic hydroxyl groups excluding tert-OH is 1. The summed E-state index contributed by atoms with van der Waals surface area (Å²) in [6, 6.07) is 5.62. The fourth-order valence-electron chi connectivity index (χ4n) is 1.59. The number of rotatable bonds is 1. The lowest BCUT2D eigenvalue weighted by atomic mass is 10.0. The second kappa shape index (κ2) is 3.26. The van der Waals surface area contributed by atoms with Crippen LogP contribution in [0, 0.1) is 0 Å². The van der Waals surface area contributed by atoms with E-state index in [-0.39, 0.29) is 12.7 Å². The van der Waals surface area contributed by atoms with Crippen LogP contribution in [0.4, 0.5) is 5.69 Å². The number of nitrogen functional groups attached to an aromatic ring is 1. The molecule has 0 saturated heterocycles. The molecular weight excluding hydrogens is 166 g/mol. The number of benzene rings is 1. The van der Waals surface area contributed by atoms with Gasteiger partial charge < -0.3 is 15.6 Å². The van der Waals surface area contributed by atoms with Crippen LogP contribution in [0.25, 0.3) is 0 Å². The molecule has 0 fully saturated rings. The van der Waals surface area contributed by atoms with E-state index in [4.69, 9.17) is 15.6 Å². The molecular formula is C10H13NO2. The minimum atomic E-state index is -0.0453. The lowest BCUT2D eigenvalue weighted by Gasteiger charge is -2.24. The van der Waals surface area contributed by atoms with Gasteiger partial charge in [0.1, 0.15) is 11.9 Å². The molecule has 1 heterocycles. The number of ether oxygens (including phenoxy) is 1. The van der Waals surface area contributed by atoms with Crippen molar-refractivity contribution in [2.75, 3.05) is 12.3 Å². The summed E-state index contributed by atoms with van der Waals surface area (Å²) in [5.74, 6) is 0.861. The first kappa shape index (κ1) is 8.38. The average molecular weight is 179 g/mol. The Morgan fingerprint density at radius 3 is 3.15 bits per heavy atom. The summed E-state index contributed by atoms with van der Waals surface area (Å²) in [4.78, 5) is 0. The number of hydrogen-bond donors (Lipinski definition) is 2. The number of anilines is 1. The second-order valence-corrected chi connectivity index (χ2v) is 3.33. The standard InChI is InChI=1S/C10H13NO2/c11-8-2-4-10-7(5-8)1-3-9(6-12)13-10/h2,4-5,9,12H,1,3,6,11H2/t9-/m1/s1. The van der Waals surface area contributed by atoms with Crippen molar-refractivity contribution < 1.29 is 9.84 Å². The van der Waals surface area contributed by atoms with E-state index in [9.17, 15) is 0 Å². The van der Waals surface area contributed by atoms with Crippen LogP contribution < -0.4 is 10.5 Å². The van der Waals surface area contributed by atoms with E-state index in [0.29, 0.717) is 0 Å². The molecule has 0 radical (unpaired) electrons. The van der Waals surface area contributed by atoms with Crippen LogP contribution in [0.15, 0.2) is 18.2 Å². The van der Waals surface area contributed by atoms with Crippen molar-refractivity contribution in [1.29, 1.82) is 0 Å². The molecule has 3 nitrogen and oxygen atoms in total. The van der Waals surface area contributed by atoms with Gasteiger partial charge in [-0.3, -0.25) is 0 Å². The van der Waals surface area contributed by atoms with Crippen LogP contribution in [0.2, 0.25) is 0 Å². The molecule has 3 heteroatoms. The summed E-state index contributed by atoms with van der Waals surface area (Å²) in [5, 5.41) is 8.92. The van der Waals surface area contributed by atoms with Crippen molar-refractivity contribution in [2.45, 2.75) is 18.9 Å². The molecule has 1 aliphatic heterocycles. The highest BCUT2D eigenvalue weighted by atomic mass is 16.5. The van der Waals surface area contributed by atoms with Gasteiger partial charge in [-0.15, -0.1) is 0 Å². The van der Waals surface area contributed by atoms with E-state index in [1.165, 1.54) is 0 Å². The van der Waals surface area contributed by atoms with Crippen LogP contribution in [0.1, 0.15) is 12.0 Å². The molecule has 1 atom stereocenters. The zero-order chi connectivity index (χ0) is 9.26. The Hall–Kier alpha value is -1.22. The molecule has 3 N–H and O–H groups in total. The molecule has 0 aliphatic carbocycles. The van der Waals surface area contributed by atoms with Gasteiger partial charge in [0.25, 0.3) is 0 Å². The first-order chi connectivity index (χ1) is 6.29. The topological polar surface area (TPSA) is 55.5 Å². The maximum atomic E-state index is 8.92. The molecule has 0 bridgehead atoms. The summed E-state index contributed by atoms with van der Waals surface area (Å²) in [6.07, 6.45) is 1.76. The van der Waals surface area contributed by atoms with E-state index in [1.807, 2.05) is 18.2 Å². The van der Waals surface area contributed by atoms with Gasteiger partial charge in [-0.2, -0.15) is 0 Å². The molecule has 0 aromatic heterocycles. The molecule has 70 valence electrons. The van der Waals surface area contributed by atoms with Crippen molar-refractivity contribution in [3.05, 3.63) is 23.8 Å². The maximum absolute atomic E-state index is 8.92. The minimum Gasteiger partial charge on any atom is -0.488 e. The molecule has 1 aromatic rings. The van der Waals surface area contributed by atoms with E-state index >= 15 is 0 Å². The normalized spacial score (nSPS) is 20.5. The summed E-state index contributed by atoms with van der Waals surface area (Å²) >= 11 is 0. The molecule has 0 amide bonds. The van der Waals surface area contributed by atoms with E-state index < -0.39 is 0 Å². The van der Waals surface area contributed by atoms with E-state index in [2.05, 4.69) is 0 Å². The minimum absolute atomic E-state index is 0.0453. The molecule has 1 aliphatic rings. The van der Waals surface area contributed by atoms with Gasteiger partial charge in [0.05, 0.1) is 6.61 Å². The van der Waals surface area contributed by atoms with Gasteiger partial charge in [0.15, 0.2) is 0 Å². The van der Waals surface area contributed by atoms with E-state index in [0.717, 1.165) is 29.8 Å². The van der Waals surface area contributed by atoms with Gasteiger partial charge >= 0.3 is 0 Å². The third-order valence-corrected chi connectivity index (χ3v) is 2.32. The zero-order valence-electron chi connectivity index (χ0n) is 7.36. The summed E-state index contributed by atoms with van der Waals surface area (Å²) < 4.78 is 5.53. The second-order valence-electron chi connectivity index (χ2n) is 3.33. The lowest BCUT2D eigenvalue weighted by Crippen LogP contribution is -2.26. The van der Waals surface area contributed by atoms with Crippen molar-refractivity contribution in [2.24, 2.45) is 0 Å². The van der Waals surface area contributed by atoms with Gasteiger partial charge in [-0.1, -0.05) is 0 Å². The van der Waals surface area contributed by atoms with Gasteiger partial charge in [0.2, 0.25) is 0 Å². The van der Waals surface area contributed by atoms with Gasteiger partial charge in [-0.25, -0.2) is 0 Å². The largest absolute Gasteiger partial charge is 0.488 e. The maximum Gasteiger partial charge on any atom is 0.123 e. The molecule has 0 saturated carbocycles. The molecule has 0 spiro atoms. The van der Waals surface area contributed by atoms with Gasteiger partial charge in [0, 0.05) is 5.69 Å². The Morgan fingerprint density at radius 2 is 2.38 bits per heavy atom.